The fourth-order valence-electron chi connectivity index (χ4n) is 1.67. The third kappa shape index (κ3) is 6.02. The van der Waals surface area contributed by atoms with Crippen molar-refractivity contribution in [2.45, 2.75) is 32.9 Å². The summed E-state index contributed by atoms with van der Waals surface area (Å²) in [4.78, 5) is 9.99. The molecule has 0 fully saturated rings. The van der Waals surface area contributed by atoms with Gasteiger partial charge in [0, 0.05) is 17.3 Å². The van der Waals surface area contributed by atoms with E-state index in [2.05, 4.69) is 39.8 Å². The molecule has 2 N–H and O–H groups in total. The summed E-state index contributed by atoms with van der Waals surface area (Å²) in [6.45, 7) is 5.70. The lowest BCUT2D eigenvalue weighted by molar-refractivity contribution is 0.788. The van der Waals surface area contributed by atoms with Gasteiger partial charge in [-0.2, -0.15) is 0 Å². The van der Waals surface area contributed by atoms with E-state index in [0.717, 1.165) is 21.0 Å². The molecule has 0 unspecified atom stereocenters. The first-order valence-electron chi connectivity index (χ1n) is 6.71. The Bertz CT molecular complexity index is 610. The third-order valence-electron chi connectivity index (χ3n) is 2.85. The smallest absolute Gasteiger partial charge is 0.191 e. The van der Waals surface area contributed by atoms with Crippen molar-refractivity contribution in [1.82, 2.24) is 15.6 Å². The van der Waals surface area contributed by atoms with Crippen LogP contribution in [-0.4, -0.2) is 18.0 Å². The summed E-state index contributed by atoms with van der Waals surface area (Å²) >= 11 is 9.16. The van der Waals surface area contributed by atoms with E-state index in [4.69, 9.17) is 11.6 Å². The molecule has 0 radical (unpaired) electrons. The molecule has 0 aliphatic rings. The summed E-state index contributed by atoms with van der Waals surface area (Å²) in [5, 5.41) is 9.73. The van der Waals surface area contributed by atoms with Gasteiger partial charge in [0.25, 0.3) is 0 Å². The van der Waals surface area contributed by atoms with Crippen LogP contribution in [0.4, 0.5) is 0 Å². The molecule has 22 heavy (non-hydrogen) atoms. The van der Waals surface area contributed by atoms with Crippen LogP contribution >= 0.6 is 58.3 Å². The lowest BCUT2D eigenvalue weighted by Gasteiger charge is -2.09. The zero-order chi connectivity index (χ0) is 15.2. The molecule has 122 valence electrons. The van der Waals surface area contributed by atoms with Gasteiger partial charge in [0.2, 0.25) is 0 Å². The van der Waals surface area contributed by atoms with Crippen molar-refractivity contribution >= 4 is 64.2 Å². The minimum Gasteiger partial charge on any atom is -0.352 e. The van der Waals surface area contributed by atoms with Crippen LogP contribution in [0.2, 0.25) is 4.34 Å². The highest BCUT2D eigenvalue weighted by atomic mass is 127. The van der Waals surface area contributed by atoms with E-state index in [1.807, 2.05) is 12.1 Å². The van der Waals surface area contributed by atoms with Crippen molar-refractivity contribution in [3.8, 4) is 0 Å². The predicted octanol–water partition coefficient (Wildman–Crippen LogP) is 4.46. The van der Waals surface area contributed by atoms with Gasteiger partial charge in [-0.05, 0) is 18.1 Å². The Balaban J connectivity index is 0.00000242. The third-order valence-corrected chi connectivity index (χ3v) is 4.95. The number of thiophene rings is 1. The number of thiazole rings is 1. The van der Waals surface area contributed by atoms with E-state index in [9.17, 15) is 0 Å². The van der Waals surface area contributed by atoms with Gasteiger partial charge < -0.3 is 10.6 Å². The van der Waals surface area contributed by atoms with Crippen molar-refractivity contribution in [1.29, 1.82) is 0 Å². The number of guanidine groups is 1. The normalized spacial score (nSPS) is 11.4. The van der Waals surface area contributed by atoms with E-state index in [1.54, 1.807) is 29.7 Å². The van der Waals surface area contributed by atoms with E-state index < -0.39 is 0 Å². The van der Waals surface area contributed by atoms with Crippen LogP contribution in [0, 0.1) is 0 Å². The van der Waals surface area contributed by atoms with E-state index in [-0.39, 0.29) is 24.0 Å². The molecule has 4 nitrogen and oxygen atoms in total. The summed E-state index contributed by atoms with van der Waals surface area (Å²) in [6, 6.07) is 3.92. The minimum absolute atomic E-state index is 0. The molecule has 0 saturated carbocycles. The molecular formula is C14H20ClIN4S2. The summed E-state index contributed by atoms with van der Waals surface area (Å²) in [6.07, 6.45) is 0. The van der Waals surface area contributed by atoms with Crippen LogP contribution in [0.15, 0.2) is 22.5 Å². The van der Waals surface area contributed by atoms with Gasteiger partial charge in [-0.15, -0.1) is 46.7 Å². The molecule has 2 aromatic rings. The van der Waals surface area contributed by atoms with Gasteiger partial charge in [0.15, 0.2) is 5.96 Å². The average Bonchev–Trinajstić information content (AvgIpc) is 3.08. The van der Waals surface area contributed by atoms with Gasteiger partial charge in [-0.3, -0.25) is 4.99 Å². The second kappa shape index (κ2) is 9.69. The molecule has 0 aromatic carbocycles. The van der Waals surface area contributed by atoms with E-state index >= 15 is 0 Å². The number of aliphatic imine (C=N–C) groups is 1. The van der Waals surface area contributed by atoms with Crippen molar-refractivity contribution in [2.24, 2.45) is 4.99 Å². The Morgan fingerprint density at radius 3 is 2.59 bits per heavy atom. The molecule has 0 atom stereocenters. The Hall–Kier alpha value is -0.380. The van der Waals surface area contributed by atoms with Crippen LogP contribution in [0.25, 0.3) is 0 Å². The maximum absolute atomic E-state index is 5.92. The van der Waals surface area contributed by atoms with Crippen LogP contribution in [0.5, 0.6) is 0 Å². The van der Waals surface area contributed by atoms with Gasteiger partial charge in [0.1, 0.15) is 5.01 Å². The molecular weight excluding hydrogens is 451 g/mol. The highest BCUT2D eigenvalue weighted by Crippen LogP contribution is 2.21. The molecule has 0 spiro atoms. The number of aromatic nitrogens is 1. The maximum Gasteiger partial charge on any atom is 0.191 e. The van der Waals surface area contributed by atoms with Crippen molar-refractivity contribution < 1.29 is 0 Å². The molecule has 2 aromatic heterocycles. The molecule has 0 aliphatic heterocycles. The lowest BCUT2D eigenvalue weighted by atomic mass is 10.2. The maximum atomic E-state index is 5.92. The molecule has 0 aliphatic carbocycles. The fraction of sp³-hybridized carbons (Fsp3) is 0.429. The molecule has 8 heteroatoms. The zero-order valence-corrected chi connectivity index (χ0v) is 17.4. The van der Waals surface area contributed by atoms with E-state index in [0.29, 0.717) is 19.0 Å². The Kier molecular flexibility index (Phi) is 8.66. The molecule has 0 amide bonds. The van der Waals surface area contributed by atoms with E-state index in [1.165, 1.54) is 4.88 Å². The average molecular weight is 471 g/mol. The first-order valence-corrected chi connectivity index (χ1v) is 8.79. The van der Waals surface area contributed by atoms with Crippen LogP contribution < -0.4 is 10.6 Å². The van der Waals surface area contributed by atoms with Crippen LogP contribution in [0.3, 0.4) is 0 Å². The topological polar surface area (TPSA) is 49.3 Å². The Morgan fingerprint density at radius 2 is 2.05 bits per heavy atom. The fourth-order valence-corrected chi connectivity index (χ4v) is 3.59. The first-order chi connectivity index (χ1) is 10.1. The molecule has 2 heterocycles. The minimum atomic E-state index is 0. The molecule has 0 bridgehead atoms. The highest BCUT2D eigenvalue weighted by Gasteiger charge is 2.06. The number of hydrogen-bond acceptors (Lipinski definition) is 4. The van der Waals surface area contributed by atoms with Crippen molar-refractivity contribution in [3.05, 3.63) is 37.4 Å². The SMILES string of the molecule is CN=C(NCc1ccc(Cl)s1)NCc1nc(C(C)C)cs1.I. The zero-order valence-electron chi connectivity index (χ0n) is 12.7. The lowest BCUT2D eigenvalue weighted by Crippen LogP contribution is -2.36. The van der Waals surface area contributed by atoms with Crippen molar-refractivity contribution in [2.75, 3.05) is 7.05 Å². The van der Waals surface area contributed by atoms with Crippen LogP contribution in [-0.2, 0) is 13.1 Å². The summed E-state index contributed by atoms with van der Waals surface area (Å²) in [5.74, 6) is 1.23. The Labute approximate surface area is 161 Å². The quantitative estimate of drug-likeness (QED) is 0.385. The van der Waals surface area contributed by atoms with Gasteiger partial charge in [0.05, 0.1) is 23.1 Å². The highest BCUT2D eigenvalue weighted by molar-refractivity contribution is 14.0. The number of nitrogens with one attached hydrogen (secondary N) is 2. The number of rotatable bonds is 5. The largest absolute Gasteiger partial charge is 0.352 e. The summed E-state index contributed by atoms with van der Waals surface area (Å²) in [5.41, 5.74) is 1.15. The number of halogens is 2. The van der Waals surface area contributed by atoms with Crippen LogP contribution in [0.1, 0.15) is 35.3 Å². The molecule has 0 saturated heterocycles. The number of nitrogens with zero attached hydrogens (tertiary/aromatic N) is 2. The Morgan fingerprint density at radius 1 is 1.32 bits per heavy atom. The number of hydrogen-bond donors (Lipinski definition) is 2. The summed E-state index contributed by atoms with van der Waals surface area (Å²) in [7, 11) is 1.76. The van der Waals surface area contributed by atoms with Gasteiger partial charge in [-0.1, -0.05) is 25.4 Å². The van der Waals surface area contributed by atoms with Crippen molar-refractivity contribution in [3.63, 3.8) is 0 Å². The second-order valence-corrected chi connectivity index (χ2v) is 7.55. The van der Waals surface area contributed by atoms with Gasteiger partial charge in [-0.25, -0.2) is 4.98 Å². The molecule has 2 rings (SSSR count). The second-order valence-electron chi connectivity index (χ2n) is 4.81. The first kappa shape index (κ1) is 19.7. The summed E-state index contributed by atoms with van der Waals surface area (Å²) < 4.78 is 0.804. The predicted molar refractivity (Wildman–Crippen MR) is 108 cm³/mol. The standard InChI is InChI=1S/C14H19ClN4S2.HI/c1-9(2)11-8-20-13(19-11)7-18-14(16-3)17-6-10-4-5-12(15)21-10;/h4-5,8-9H,6-7H2,1-3H3,(H2,16,17,18);1H. The van der Waals surface area contributed by atoms with Gasteiger partial charge >= 0.3 is 0 Å². The monoisotopic (exact) mass is 470 g/mol.